The van der Waals surface area contributed by atoms with E-state index in [0.717, 1.165) is 0 Å². The molecule has 0 saturated heterocycles. The van der Waals surface area contributed by atoms with Crippen LogP contribution in [0, 0.1) is 11.3 Å². The molecule has 0 unspecified atom stereocenters. The molecule has 0 bridgehead atoms. The SMILES string of the molecule is C[C@H](C#N)NC(=O)c1ccncn1. The number of hydrogen-bond acceptors (Lipinski definition) is 4. The number of amides is 1. The van der Waals surface area contributed by atoms with Gasteiger partial charge < -0.3 is 5.32 Å². The van der Waals surface area contributed by atoms with Crippen molar-refractivity contribution in [3.63, 3.8) is 0 Å². The van der Waals surface area contributed by atoms with E-state index in [1.165, 1.54) is 18.6 Å². The van der Waals surface area contributed by atoms with E-state index < -0.39 is 6.04 Å². The summed E-state index contributed by atoms with van der Waals surface area (Å²) in [6, 6.07) is 2.86. The lowest BCUT2D eigenvalue weighted by atomic mass is 10.3. The van der Waals surface area contributed by atoms with Crippen molar-refractivity contribution in [2.24, 2.45) is 0 Å². The normalized spacial score (nSPS) is 11.4. The Bertz CT molecular complexity index is 330. The molecule has 0 aliphatic carbocycles. The molecular formula is C8H8N4O. The second-order valence-corrected chi connectivity index (χ2v) is 2.42. The number of nitrogens with zero attached hydrogens (tertiary/aromatic N) is 3. The molecule has 1 N–H and O–H groups in total. The van der Waals surface area contributed by atoms with Gasteiger partial charge in [0.1, 0.15) is 18.1 Å². The van der Waals surface area contributed by atoms with Gasteiger partial charge in [0, 0.05) is 6.20 Å². The van der Waals surface area contributed by atoms with E-state index in [1.54, 1.807) is 6.92 Å². The fourth-order valence-corrected chi connectivity index (χ4v) is 0.728. The molecule has 5 nitrogen and oxygen atoms in total. The Balaban J connectivity index is 2.66. The molecule has 0 fully saturated rings. The molecule has 1 aromatic heterocycles. The van der Waals surface area contributed by atoms with Gasteiger partial charge in [0.05, 0.1) is 6.07 Å². The van der Waals surface area contributed by atoms with Gasteiger partial charge in [-0.25, -0.2) is 9.97 Å². The Labute approximate surface area is 75.4 Å². The van der Waals surface area contributed by atoms with E-state index in [-0.39, 0.29) is 11.6 Å². The molecule has 0 saturated carbocycles. The quantitative estimate of drug-likeness (QED) is 0.694. The first kappa shape index (κ1) is 9.13. The summed E-state index contributed by atoms with van der Waals surface area (Å²) in [5.74, 6) is -0.364. The van der Waals surface area contributed by atoms with Gasteiger partial charge in [-0.1, -0.05) is 0 Å². The van der Waals surface area contributed by atoms with Crippen molar-refractivity contribution in [2.75, 3.05) is 0 Å². The van der Waals surface area contributed by atoms with Crippen molar-refractivity contribution >= 4 is 5.91 Å². The van der Waals surface area contributed by atoms with Crippen LogP contribution in [0.1, 0.15) is 17.4 Å². The highest BCUT2D eigenvalue weighted by Gasteiger charge is 2.08. The van der Waals surface area contributed by atoms with Crippen molar-refractivity contribution in [3.8, 4) is 6.07 Å². The molecule has 1 heterocycles. The van der Waals surface area contributed by atoms with Gasteiger partial charge >= 0.3 is 0 Å². The lowest BCUT2D eigenvalue weighted by Gasteiger charge is -2.04. The number of hydrogen-bond donors (Lipinski definition) is 1. The maximum Gasteiger partial charge on any atom is 0.271 e. The predicted octanol–water partition coefficient (Wildman–Crippen LogP) is 0.118. The minimum atomic E-state index is -0.512. The van der Waals surface area contributed by atoms with Gasteiger partial charge in [-0.05, 0) is 13.0 Å². The summed E-state index contributed by atoms with van der Waals surface area (Å²) in [4.78, 5) is 18.7. The Hall–Kier alpha value is -1.96. The molecule has 0 aliphatic heterocycles. The maximum absolute atomic E-state index is 11.3. The van der Waals surface area contributed by atoms with Gasteiger partial charge in [0.25, 0.3) is 5.91 Å². The summed E-state index contributed by atoms with van der Waals surface area (Å²) in [6.07, 6.45) is 2.75. The number of aromatic nitrogens is 2. The summed E-state index contributed by atoms with van der Waals surface area (Å²) >= 11 is 0. The van der Waals surface area contributed by atoms with Crippen LogP contribution in [0.5, 0.6) is 0 Å². The van der Waals surface area contributed by atoms with Crippen LogP contribution in [0.2, 0.25) is 0 Å². The second-order valence-electron chi connectivity index (χ2n) is 2.42. The third-order valence-electron chi connectivity index (χ3n) is 1.36. The van der Waals surface area contributed by atoms with Crippen LogP contribution in [0.3, 0.4) is 0 Å². The number of nitrogens with one attached hydrogen (secondary N) is 1. The van der Waals surface area contributed by atoms with E-state index in [1.807, 2.05) is 6.07 Å². The molecule has 0 aromatic carbocycles. The van der Waals surface area contributed by atoms with Crippen molar-refractivity contribution in [3.05, 3.63) is 24.3 Å². The zero-order chi connectivity index (χ0) is 9.68. The van der Waals surface area contributed by atoms with Crippen LogP contribution in [0.15, 0.2) is 18.6 Å². The average molecular weight is 176 g/mol. The Morgan fingerprint density at radius 2 is 2.54 bits per heavy atom. The topological polar surface area (TPSA) is 78.7 Å². The molecule has 66 valence electrons. The predicted molar refractivity (Wildman–Crippen MR) is 44.6 cm³/mol. The van der Waals surface area contributed by atoms with Gasteiger partial charge in [0.2, 0.25) is 0 Å². The minimum absolute atomic E-state index is 0.261. The zero-order valence-electron chi connectivity index (χ0n) is 7.06. The third kappa shape index (κ3) is 2.52. The standard InChI is InChI=1S/C8H8N4O/c1-6(4-9)12-8(13)7-2-3-10-5-11-7/h2-3,5-6H,1H3,(H,12,13)/t6-/m1/s1. The highest BCUT2D eigenvalue weighted by Crippen LogP contribution is 1.91. The van der Waals surface area contributed by atoms with E-state index in [9.17, 15) is 4.79 Å². The summed E-state index contributed by atoms with van der Waals surface area (Å²) < 4.78 is 0. The zero-order valence-corrected chi connectivity index (χ0v) is 7.06. The maximum atomic E-state index is 11.3. The van der Waals surface area contributed by atoms with Crippen LogP contribution in [0.25, 0.3) is 0 Å². The van der Waals surface area contributed by atoms with Gasteiger partial charge in [-0.3, -0.25) is 4.79 Å². The van der Waals surface area contributed by atoms with E-state index >= 15 is 0 Å². The lowest BCUT2D eigenvalue weighted by molar-refractivity contribution is 0.0942. The third-order valence-corrected chi connectivity index (χ3v) is 1.36. The van der Waals surface area contributed by atoms with E-state index in [4.69, 9.17) is 5.26 Å². The average Bonchev–Trinajstić information content (AvgIpc) is 2.19. The number of nitriles is 1. The second kappa shape index (κ2) is 4.16. The molecule has 1 amide bonds. The van der Waals surface area contributed by atoms with Crippen LogP contribution >= 0.6 is 0 Å². The molecule has 0 radical (unpaired) electrons. The number of carbonyl (C=O) groups excluding carboxylic acids is 1. The summed E-state index contributed by atoms with van der Waals surface area (Å²) in [7, 11) is 0. The highest BCUT2D eigenvalue weighted by atomic mass is 16.1. The van der Waals surface area contributed by atoms with Crippen molar-refractivity contribution in [1.82, 2.24) is 15.3 Å². The molecular weight excluding hydrogens is 168 g/mol. The van der Waals surface area contributed by atoms with Gasteiger partial charge in [-0.15, -0.1) is 0 Å². The molecule has 1 aromatic rings. The first-order valence-corrected chi connectivity index (χ1v) is 3.70. The van der Waals surface area contributed by atoms with Crippen LogP contribution in [0.4, 0.5) is 0 Å². The fraction of sp³-hybridized carbons (Fsp3) is 0.250. The number of carbonyl (C=O) groups is 1. The van der Waals surface area contributed by atoms with Crippen molar-refractivity contribution in [2.45, 2.75) is 13.0 Å². The van der Waals surface area contributed by atoms with Crippen LogP contribution < -0.4 is 5.32 Å². The molecule has 1 atom stereocenters. The summed E-state index contributed by atoms with van der Waals surface area (Å²) in [5.41, 5.74) is 0.261. The molecule has 0 spiro atoms. The van der Waals surface area contributed by atoms with E-state index in [0.29, 0.717) is 0 Å². The van der Waals surface area contributed by atoms with Crippen LogP contribution in [-0.2, 0) is 0 Å². The van der Waals surface area contributed by atoms with E-state index in [2.05, 4.69) is 15.3 Å². The lowest BCUT2D eigenvalue weighted by Crippen LogP contribution is -2.31. The van der Waals surface area contributed by atoms with Gasteiger partial charge in [-0.2, -0.15) is 5.26 Å². The smallest absolute Gasteiger partial charge is 0.271 e. The molecule has 13 heavy (non-hydrogen) atoms. The van der Waals surface area contributed by atoms with Crippen molar-refractivity contribution < 1.29 is 4.79 Å². The monoisotopic (exact) mass is 176 g/mol. The fourth-order valence-electron chi connectivity index (χ4n) is 0.728. The molecule has 1 rings (SSSR count). The minimum Gasteiger partial charge on any atom is -0.335 e. The highest BCUT2D eigenvalue weighted by molar-refractivity contribution is 5.92. The molecule has 0 aliphatic rings. The van der Waals surface area contributed by atoms with Crippen LogP contribution in [-0.4, -0.2) is 21.9 Å². The Kier molecular flexibility index (Phi) is 2.92. The Morgan fingerprint density at radius 1 is 1.77 bits per heavy atom. The first-order valence-electron chi connectivity index (χ1n) is 3.70. The summed E-state index contributed by atoms with van der Waals surface area (Å²) in [5, 5.41) is 10.9. The van der Waals surface area contributed by atoms with Crippen molar-refractivity contribution in [1.29, 1.82) is 5.26 Å². The molecule has 5 heteroatoms. The largest absolute Gasteiger partial charge is 0.335 e. The Morgan fingerprint density at radius 3 is 3.08 bits per heavy atom. The first-order chi connectivity index (χ1) is 6.24. The van der Waals surface area contributed by atoms with Gasteiger partial charge in [0.15, 0.2) is 0 Å². The summed E-state index contributed by atoms with van der Waals surface area (Å²) in [6.45, 7) is 1.60. The number of rotatable bonds is 2.